The van der Waals surface area contributed by atoms with E-state index in [1.807, 2.05) is 0 Å². The molecule has 37 heavy (non-hydrogen) atoms. The van der Waals surface area contributed by atoms with Gasteiger partial charge in [-0.3, -0.25) is 0 Å². The van der Waals surface area contributed by atoms with Gasteiger partial charge in [0.15, 0.2) is 17.3 Å². The summed E-state index contributed by atoms with van der Waals surface area (Å²) in [5.41, 5.74) is 6.34. The lowest BCUT2D eigenvalue weighted by molar-refractivity contribution is 0.189. The molecule has 2 aromatic carbocycles. The molecule has 0 spiro atoms. The molecule has 14 heteroatoms. The van der Waals surface area contributed by atoms with Crippen molar-refractivity contribution in [2.24, 2.45) is 0 Å². The van der Waals surface area contributed by atoms with E-state index in [4.69, 9.17) is 15.6 Å². The van der Waals surface area contributed by atoms with Crippen LogP contribution in [0.2, 0.25) is 0 Å². The lowest BCUT2D eigenvalue weighted by atomic mass is 10.1. The Morgan fingerprint density at radius 2 is 1.78 bits per heavy atom. The summed E-state index contributed by atoms with van der Waals surface area (Å²) < 4.78 is 76.6. The third-order valence-electron chi connectivity index (χ3n) is 6.08. The fourth-order valence-electron chi connectivity index (χ4n) is 4.43. The number of rotatable bonds is 5. The average molecular weight is 520 g/mol. The van der Waals surface area contributed by atoms with Crippen molar-refractivity contribution >= 4 is 22.9 Å². The summed E-state index contributed by atoms with van der Waals surface area (Å²) in [5, 5.41) is 16.2. The first kappa shape index (κ1) is 24.2. The molecule has 1 aliphatic rings. The number of nitrogens with two attached hydrogens (primary N) is 1. The largest absolute Gasteiger partial charge is 0.465 e. The van der Waals surface area contributed by atoms with Crippen LogP contribution in [0.1, 0.15) is 25.3 Å². The number of anilines is 1. The van der Waals surface area contributed by atoms with Gasteiger partial charge < -0.3 is 20.9 Å². The van der Waals surface area contributed by atoms with Crippen molar-refractivity contribution < 1.29 is 36.6 Å². The lowest BCUT2D eigenvalue weighted by Crippen LogP contribution is -2.31. The van der Waals surface area contributed by atoms with Crippen molar-refractivity contribution in [2.45, 2.75) is 31.3 Å². The maximum absolute atomic E-state index is 15.2. The fourth-order valence-corrected chi connectivity index (χ4v) is 4.43. The van der Waals surface area contributed by atoms with Crippen LogP contribution in [0.3, 0.4) is 0 Å². The molecule has 2 heterocycles. The van der Waals surface area contributed by atoms with Gasteiger partial charge in [-0.15, -0.1) is 0 Å². The zero-order valence-corrected chi connectivity index (χ0v) is 18.7. The number of benzene rings is 2. The smallest absolute Gasteiger partial charge is 0.404 e. The summed E-state index contributed by atoms with van der Waals surface area (Å²) in [6.07, 6.45) is 1.62. The van der Waals surface area contributed by atoms with E-state index in [0.717, 1.165) is 12.1 Å². The van der Waals surface area contributed by atoms with Crippen LogP contribution in [0.15, 0.2) is 30.6 Å². The van der Waals surface area contributed by atoms with Gasteiger partial charge in [-0.05, 0) is 31.4 Å². The second kappa shape index (κ2) is 9.19. The van der Waals surface area contributed by atoms with E-state index >= 15 is 4.39 Å². The number of carbonyl (C=O) groups is 1. The standard InChI is InChI=1S/C23H17F5N6O3/c24-13-6-11(37-20-17(27)14(25)7-15(26)18(20)28)3-4-12(13)19-16-21(29)30-8-31-22(16)34(33-19)10-2-1-9(5-10)32-23(35)36/h3-4,6-10,32H,1-2,5H2,(H,35,36)(H2,29,30,31)/t9?,10-/m0/s1. The molecule has 5 rings (SSSR count). The molecule has 0 saturated heterocycles. The molecule has 2 atom stereocenters. The number of fused-ring (bicyclic) bond motifs is 1. The average Bonchev–Trinajstić information content (AvgIpc) is 3.45. The summed E-state index contributed by atoms with van der Waals surface area (Å²) in [7, 11) is 0. The first-order valence-electron chi connectivity index (χ1n) is 10.9. The van der Waals surface area contributed by atoms with Gasteiger partial charge in [0, 0.05) is 23.7 Å². The summed E-state index contributed by atoms with van der Waals surface area (Å²) in [6.45, 7) is 0. The maximum atomic E-state index is 15.2. The molecule has 1 amide bonds. The summed E-state index contributed by atoms with van der Waals surface area (Å²) in [4.78, 5) is 19.2. The Bertz CT molecular complexity index is 1520. The van der Waals surface area contributed by atoms with Crippen molar-refractivity contribution in [3.8, 4) is 22.8 Å². The number of carboxylic acid groups (broad SMARTS) is 1. The predicted octanol–water partition coefficient (Wildman–Crippen LogP) is 4.92. The highest BCUT2D eigenvalue weighted by molar-refractivity contribution is 5.98. The topological polar surface area (TPSA) is 128 Å². The predicted molar refractivity (Wildman–Crippen MR) is 119 cm³/mol. The molecule has 4 N–H and O–H groups in total. The molecular formula is C23H17F5N6O3. The Kier molecular flexibility index (Phi) is 6.01. The van der Waals surface area contributed by atoms with Crippen LogP contribution in [0, 0.1) is 29.1 Å². The van der Waals surface area contributed by atoms with Gasteiger partial charge in [0.05, 0.1) is 11.4 Å². The monoisotopic (exact) mass is 520 g/mol. The number of nitrogen functional groups attached to an aromatic ring is 1. The summed E-state index contributed by atoms with van der Waals surface area (Å²) in [6, 6.07) is 2.56. The SMILES string of the molecule is Nc1ncnc2c1c(-c1ccc(Oc3c(F)c(F)cc(F)c3F)cc1F)nn2[C@H]1CCC(NC(=O)O)C1. The second-order valence-corrected chi connectivity index (χ2v) is 8.40. The van der Waals surface area contributed by atoms with Crippen LogP contribution >= 0.6 is 0 Å². The number of nitrogens with one attached hydrogen (secondary N) is 1. The second-order valence-electron chi connectivity index (χ2n) is 8.40. The molecule has 1 fully saturated rings. The van der Waals surface area contributed by atoms with Crippen LogP contribution in [0.25, 0.3) is 22.3 Å². The van der Waals surface area contributed by atoms with E-state index in [2.05, 4.69) is 20.4 Å². The first-order valence-corrected chi connectivity index (χ1v) is 10.9. The van der Waals surface area contributed by atoms with Crippen molar-refractivity contribution in [3.63, 3.8) is 0 Å². The van der Waals surface area contributed by atoms with Crippen LogP contribution < -0.4 is 15.8 Å². The molecule has 9 nitrogen and oxygen atoms in total. The highest BCUT2D eigenvalue weighted by Gasteiger charge is 2.31. The molecule has 1 saturated carbocycles. The molecular weight excluding hydrogens is 503 g/mol. The Morgan fingerprint density at radius 3 is 2.46 bits per heavy atom. The number of ether oxygens (including phenoxy) is 1. The van der Waals surface area contributed by atoms with E-state index < -0.39 is 46.7 Å². The van der Waals surface area contributed by atoms with Crippen molar-refractivity contribution in [1.82, 2.24) is 25.1 Å². The van der Waals surface area contributed by atoms with E-state index in [1.54, 1.807) is 0 Å². The molecule has 1 unspecified atom stereocenters. The molecule has 0 bridgehead atoms. The molecule has 192 valence electrons. The fraction of sp³-hybridized carbons (Fsp3) is 0.217. The van der Waals surface area contributed by atoms with Gasteiger partial charge in [0.1, 0.15) is 29.4 Å². The number of halogens is 5. The van der Waals surface area contributed by atoms with Gasteiger partial charge in [0.2, 0.25) is 17.4 Å². The van der Waals surface area contributed by atoms with Gasteiger partial charge >= 0.3 is 6.09 Å². The Labute approximate surface area is 204 Å². The van der Waals surface area contributed by atoms with E-state index in [-0.39, 0.29) is 40.6 Å². The van der Waals surface area contributed by atoms with Crippen LogP contribution in [0.5, 0.6) is 11.5 Å². The van der Waals surface area contributed by atoms with Gasteiger partial charge in [0.25, 0.3) is 0 Å². The molecule has 0 radical (unpaired) electrons. The Hall–Kier alpha value is -4.49. The summed E-state index contributed by atoms with van der Waals surface area (Å²) >= 11 is 0. The summed E-state index contributed by atoms with van der Waals surface area (Å²) in [5.74, 6) is -9.61. The first-order chi connectivity index (χ1) is 17.6. The highest BCUT2D eigenvalue weighted by Crippen LogP contribution is 2.39. The number of amides is 1. The molecule has 4 aromatic rings. The van der Waals surface area contributed by atoms with E-state index in [9.17, 15) is 22.4 Å². The van der Waals surface area contributed by atoms with Crippen molar-refractivity contribution in [3.05, 3.63) is 59.7 Å². The number of hydrogen-bond acceptors (Lipinski definition) is 6. The van der Waals surface area contributed by atoms with E-state index in [1.165, 1.54) is 17.1 Å². The van der Waals surface area contributed by atoms with E-state index in [0.29, 0.717) is 24.9 Å². The quantitative estimate of drug-likeness (QED) is 0.252. The molecule has 0 aliphatic heterocycles. The molecule has 1 aliphatic carbocycles. The molecule has 2 aromatic heterocycles. The van der Waals surface area contributed by atoms with Gasteiger partial charge in [-0.2, -0.15) is 13.9 Å². The van der Waals surface area contributed by atoms with Crippen LogP contribution in [0.4, 0.5) is 32.6 Å². The lowest BCUT2D eigenvalue weighted by Gasteiger charge is -2.12. The van der Waals surface area contributed by atoms with Crippen LogP contribution in [-0.4, -0.2) is 37.0 Å². The third kappa shape index (κ3) is 4.34. The van der Waals surface area contributed by atoms with Crippen LogP contribution in [-0.2, 0) is 0 Å². The highest BCUT2D eigenvalue weighted by atomic mass is 19.2. The van der Waals surface area contributed by atoms with Crippen molar-refractivity contribution in [1.29, 1.82) is 0 Å². The minimum atomic E-state index is -1.77. The maximum Gasteiger partial charge on any atom is 0.404 e. The number of nitrogens with zero attached hydrogens (tertiary/aromatic N) is 4. The Morgan fingerprint density at radius 1 is 1.05 bits per heavy atom. The normalized spacial score (nSPS) is 17.3. The number of hydrogen-bond donors (Lipinski definition) is 3. The van der Waals surface area contributed by atoms with Gasteiger partial charge in [-0.25, -0.2) is 32.6 Å². The minimum absolute atomic E-state index is 0.0172. The Balaban J connectivity index is 1.52. The van der Waals surface area contributed by atoms with Crippen molar-refractivity contribution in [2.75, 3.05) is 5.73 Å². The van der Waals surface area contributed by atoms with Gasteiger partial charge in [-0.1, -0.05) is 0 Å². The third-order valence-corrected chi connectivity index (χ3v) is 6.08. The zero-order valence-electron chi connectivity index (χ0n) is 18.7. The zero-order chi connectivity index (χ0) is 26.4. The minimum Gasteiger partial charge on any atom is -0.465 e. The number of aromatic nitrogens is 4.